The van der Waals surface area contributed by atoms with Crippen LogP contribution in [-0.2, 0) is 16.6 Å². The topological polar surface area (TPSA) is 79.0 Å². The number of benzene rings is 1. The van der Waals surface area contributed by atoms with Gasteiger partial charge in [0.1, 0.15) is 16.2 Å². The second kappa shape index (κ2) is 7.40. The highest BCUT2D eigenvalue weighted by atomic mass is 32.1. The van der Waals surface area contributed by atoms with Gasteiger partial charge in [-0.15, -0.1) is 0 Å². The molecule has 32 heavy (non-hydrogen) atoms. The Bertz CT molecular complexity index is 1260. The first-order valence-electron chi connectivity index (χ1n) is 10.5. The van der Waals surface area contributed by atoms with Crippen molar-refractivity contribution in [3.8, 4) is 0 Å². The van der Waals surface area contributed by atoms with Gasteiger partial charge in [0.25, 0.3) is 5.56 Å². The van der Waals surface area contributed by atoms with E-state index in [2.05, 4.69) is 15.0 Å². The van der Waals surface area contributed by atoms with Gasteiger partial charge >= 0.3 is 6.18 Å². The fourth-order valence-electron chi connectivity index (χ4n) is 4.42. The lowest BCUT2D eigenvalue weighted by Crippen LogP contribution is -2.32. The molecule has 1 N–H and O–H groups in total. The van der Waals surface area contributed by atoms with Crippen LogP contribution in [0.3, 0.4) is 0 Å². The van der Waals surface area contributed by atoms with Gasteiger partial charge in [0.2, 0.25) is 5.91 Å². The molecule has 2 fully saturated rings. The number of hydrogen-bond acceptors (Lipinski definition) is 5. The monoisotopic (exact) mass is 462 g/mol. The van der Waals surface area contributed by atoms with Gasteiger partial charge in [-0.2, -0.15) is 13.2 Å². The van der Waals surface area contributed by atoms with Gasteiger partial charge in [-0.1, -0.05) is 41.2 Å². The fourth-order valence-corrected chi connectivity index (χ4v) is 5.51. The summed E-state index contributed by atoms with van der Waals surface area (Å²) < 4.78 is 40.5. The Morgan fingerprint density at radius 1 is 1.31 bits per heavy atom. The van der Waals surface area contributed by atoms with Crippen molar-refractivity contribution < 1.29 is 18.0 Å². The zero-order valence-electron chi connectivity index (χ0n) is 17.3. The minimum absolute atomic E-state index is 0.0321. The largest absolute Gasteiger partial charge is 0.401 e. The molecule has 2 aromatic heterocycles. The Balaban J connectivity index is 1.44. The summed E-state index contributed by atoms with van der Waals surface area (Å²) in [7, 11) is 0. The van der Waals surface area contributed by atoms with Gasteiger partial charge in [0.15, 0.2) is 10.3 Å². The lowest BCUT2D eigenvalue weighted by molar-refractivity contribution is -0.162. The molecule has 1 amide bonds. The average Bonchev–Trinajstić information content (AvgIpc) is 3.21. The first-order chi connectivity index (χ1) is 15.2. The van der Waals surface area contributed by atoms with Crippen LogP contribution in [0.25, 0.3) is 10.3 Å². The van der Waals surface area contributed by atoms with E-state index in [-0.39, 0.29) is 47.4 Å². The summed E-state index contributed by atoms with van der Waals surface area (Å²) >= 11 is 1.10. The molecular formula is C22H21F3N4O2S. The molecular weight excluding hydrogens is 441 g/mol. The molecule has 3 heterocycles. The molecule has 0 bridgehead atoms. The van der Waals surface area contributed by atoms with Gasteiger partial charge in [-0.25, -0.2) is 9.97 Å². The van der Waals surface area contributed by atoms with Crippen molar-refractivity contribution in [3.63, 3.8) is 0 Å². The van der Waals surface area contributed by atoms with E-state index < -0.39 is 17.2 Å². The Kier molecular flexibility index (Phi) is 4.88. The van der Waals surface area contributed by atoms with E-state index in [4.69, 9.17) is 0 Å². The molecule has 10 heteroatoms. The molecule has 1 aliphatic carbocycles. The van der Waals surface area contributed by atoms with Crippen LogP contribution in [0.5, 0.6) is 0 Å². The number of amides is 1. The number of halogens is 3. The van der Waals surface area contributed by atoms with Crippen molar-refractivity contribution in [2.75, 3.05) is 6.54 Å². The average molecular weight is 462 g/mol. The molecule has 1 aromatic carbocycles. The zero-order valence-corrected chi connectivity index (χ0v) is 18.1. The quantitative estimate of drug-likeness (QED) is 0.631. The van der Waals surface area contributed by atoms with Crippen LogP contribution in [0.4, 0.5) is 13.2 Å². The number of hydrogen-bond donors (Lipinski definition) is 1. The lowest BCUT2D eigenvalue weighted by Gasteiger charge is -2.23. The molecule has 1 saturated carbocycles. The lowest BCUT2D eigenvalue weighted by atomic mass is 10.1. The predicted octanol–water partition coefficient (Wildman–Crippen LogP) is 4.19. The number of aryl methyl sites for hydroxylation is 1. The molecule has 2 aliphatic rings. The molecule has 1 saturated heterocycles. The number of carbonyl (C=O) groups is 1. The zero-order chi connectivity index (χ0) is 22.7. The number of aromatic amines is 1. The SMILES string of the molecule is Cc1cccc(CC(=O)N2CCCC2c2nc3c(=O)[nH]c(C4(C(F)(F)F)CC4)nc3s2)c1. The molecule has 5 rings (SSSR count). The summed E-state index contributed by atoms with van der Waals surface area (Å²) in [6.45, 7) is 2.55. The van der Waals surface area contributed by atoms with E-state index in [1.54, 1.807) is 4.90 Å². The summed E-state index contributed by atoms with van der Waals surface area (Å²) in [6, 6.07) is 7.46. The van der Waals surface area contributed by atoms with Crippen molar-refractivity contribution >= 4 is 27.6 Å². The van der Waals surface area contributed by atoms with E-state index in [0.717, 1.165) is 28.9 Å². The highest BCUT2D eigenvalue weighted by molar-refractivity contribution is 7.18. The molecule has 1 aliphatic heterocycles. The standard InChI is InChI=1S/C22H21F3N4O2S/c1-12-4-2-5-13(10-12)11-15(30)29-9-3-6-14(29)18-26-16-17(31)27-20(28-19(16)32-18)21(7-8-21)22(23,24)25/h2,4-5,10,14H,3,6-9,11H2,1H3,(H,27,28,31). The minimum atomic E-state index is -4.46. The number of fused-ring (bicyclic) bond motifs is 1. The summed E-state index contributed by atoms with van der Waals surface area (Å²) in [5.74, 6) is -0.370. The van der Waals surface area contributed by atoms with E-state index >= 15 is 0 Å². The number of rotatable bonds is 4. The summed E-state index contributed by atoms with van der Waals surface area (Å²) in [6.07, 6.45) is -2.88. The highest BCUT2D eigenvalue weighted by Gasteiger charge is 2.66. The van der Waals surface area contributed by atoms with Crippen molar-refractivity contribution in [1.82, 2.24) is 19.9 Å². The molecule has 0 spiro atoms. The number of carbonyl (C=O) groups excluding carboxylic acids is 1. The summed E-state index contributed by atoms with van der Waals surface area (Å²) in [5.41, 5.74) is -0.695. The predicted molar refractivity (Wildman–Crippen MR) is 114 cm³/mol. The van der Waals surface area contributed by atoms with Gasteiger partial charge in [-0.3, -0.25) is 9.59 Å². The van der Waals surface area contributed by atoms with Crippen LogP contribution in [-0.4, -0.2) is 38.5 Å². The van der Waals surface area contributed by atoms with Crippen LogP contribution in [0.2, 0.25) is 0 Å². The van der Waals surface area contributed by atoms with Gasteiger partial charge in [0.05, 0.1) is 12.5 Å². The smallest absolute Gasteiger partial charge is 0.333 e. The summed E-state index contributed by atoms with van der Waals surface area (Å²) in [4.78, 5) is 38.3. The third kappa shape index (κ3) is 3.50. The number of likely N-dealkylation sites (tertiary alicyclic amines) is 1. The van der Waals surface area contributed by atoms with Crippen LogP contribution in [0.1, 0.15) is 53.7 Å². The van der Waals surface area contributed by atoms with Gasteiger partial charge < -0.3 is 9.88 Å². The van der Waals surface area contributed by atoms with Gasteiger partial charge in [0, 0.05) is 6.54 Å². The molecule has 6 nitrogen and oxygen atoms in total. The number of nitrogens with zero attached hydrogens (tertiary/aromatic N) is 3. The maximum atomic E-state index is 13.5. The first kappa shape index (κ1) is 21.1. The Labute approximate surface area is 185 Å². The first-order valence-corrected chi connectivity index (χ1v) is 11.3. The Morgan fingerprint density at radius 3 is 2.78 bits per heavy atom. The van der Waals surface area contributed by atoms with Crippen molar-refractivity contribution in [1.29, 1.82) is 0 Å². The van der Waals surface area contributed by atoms with Crippen LogP contribution < -0.4 is 5.56 Å². The van der Waals surface area contributed by atoms with Crippen LogP contribution in [0.15, 0.2) is 29.1 Å². The van der Waals surface area contributed by atoms with Crippen molar-refractivity contribution in [2.24, 2.45) is 0 Å². The van der Waals surface area contributed by atoms with E-state index in [0.29, 0.717) is 18.0 Å². The number of nitrogens with one attached hydrogen (secondary N) is 1. The summed E-state index contributed by atoms with van der Waals surface area (Å²) in [5, 5.41) is 0.544. The number of H-pyrrole nitrogens is 1. The third-order valence-corrected chi connectivity index (χ3v) is 7.38. The maximum Gasteiger partial charge on any atom is 0.401 e. The normalized spacial score (nSPS) is 20.1. The number of alkyl halides is 3. The fraction of sp³-hybridized carbons (Fsp3) is 0.455. The number of aromatic nitrogens is 3. The highest BCUT2D eigenvalue weighted by Crippen LogP contribution is 2.57. The second-order valence-corrected chi connectivity index (χ2v) is 9.62. The minimum Gasteiger partial charge on any atom is -0.333 e. The molecule has 1 atom stereocenters. The van der Waals surface area contributed by atoms with Crippen molar-refractivity contribution in [2.45, 2.75) is 56.7 Å². The molecule has 168 valence electrons. The van der Waals surface area contributed by atoms with E-state index in [1.165, 1.54) is 0 Å². The van der Waals surface area contributed by atoms with E-state index in [1.807, 2.05) is 31.2 Å². The third-order valence-electron chi connectivity index (χ3n) is 6.33. The maximum absolute atomic E-state index is 13.5. The Hall–Kier alpha value is -2.75. The number of thiazole rings is 1. The van der Waals surface area contributed by atoms with Crippen LogP contribution >= 0.6 is 11.3 Å². The van der Waals surface area contributed by atoms with E-state index in [9.17, 15) is 22.8 Å². The Morgan fingerprint density at radius 2 is 2.09 bits per heavy atom. The molecule has 3 aromatic rings. The van der Waals surface area contributed by atoms with Gasteiger partial charge in [-0.05, 0) is 38.2 Å². The molecule has 1 unspecified atom stereocenters. The van der Waals surface area contributed by atoms with Crippen LogP contribution in [0, 0.1) is 6.92 Å². The molecule has 0 radical (unpaired) electrons. The van der Waals surface area contributed by atoms with Crippen molar-refractivity contribution in [3.05, 3.63) is 56.6 Å². The second-order valence-electron chi connectivity index (χ2n) is 8.61.